The molecule has 130 valence electrons. The molecule has 25 heavy (non-hydrogen) atoms. The minimum absolute atomic E-state index is 0.0878. The molecule has 0 spiro atoms. The number of piperazine rings is 1. The number of anilines is 2. The Morgan fingerprint density at radius 1 is 0.960 bits per heavy atom. The summed E-state index contributed by atoms with van der Waals surface area (Å²) in [5.41, 5.74) is 2.55. The Kier molecular flexibility index (Phi) is 4.26. The number of carbonyl (C=O) groups excluding carboxylic acids is 1. The van der Waals surface area contributed by atoms with Crippen molar-refractivity contribution in [3.8, 4) is 0 Å². The van der Waals surface area contributed by atoms with Crippen LogP contribution >= 0.6 is 0 Å². The van der Waals surface area contributed by atoms with Crippen molar-refractivity contribution in [2.45, 2.75) is 18.9 Å². The van der Waals surface area contributed by atoms with Gasteiger partial charge in [-0.1, -0.05) is 0 Å². The number of carbonyl (C=O) groups is 1. The van der Waals surface area contributed by atoms with E-state index in [0.717, 1.165) is 50.4 Å². The van der Waals surface area contributed by atoms with Crippen LogP contribution in [0.5, 0.6) is 0 Å². The third kappa shape index (κ3) is 3.73. The molecule has 6 heteroatoms. The first-order chi connectivity index (χ1) is 12.2. The fraction of sp³-hybridized carbons (Fsp3) is 0.368. The first kappa shape index (κ1) is 15.9. The molecule has 1 saturated carbocycles. The van der Waals surface area contributed by atoms with Crippen LogP contribution in [-0.2, 0) is 0 Å². The summed E-state index contributed by atoms with van der Waals surface area (Å²) in [5, 5.41) is 2.95. The van der Waals surface area contributed by atoms with Gasteiger partial charge in [0.05, 0.1) is 11.9 Å². The summed E-state index contributed by atoms with van der Waals surface area (Å²) in [5.74, 6) is -0.297. The smallest absolute Gasteiger partial charge is 0.270 e. The Morgan fingerprint density at radius 2 is 1.56 bits per heavy atom. The minimum atomic E-state index is -0.209. The molecule has 2 fully saturated rings. The quantitative estimate of drug-likeness (QED) is 0.929. The standard InChI is InChI=1S/C19H21FN4O/c20-14-1-5-16(6-2-14)23-9-11-24(12-10-23)17-7-8-18(21-13-17)19(25)22-15-3-4-15/h1-2,5-8,13,15H,3-4,9-12H2,(H,22,25). The second-order valence-corrected chi connectivity index (χ2v) is 6.60. The Bertz CT molecular complexity index is 735. The van der Waals surface area contributed by atoms with Crippen LogP contribution in [0.25, 0.3) is 0 Å². The molecule has 0 atom stereocenters. The zero-order valence-electron chi connectivity index (χ0n) is 14.0. The summed E-state index contributed by atoms with van der Waals surface area (Å²) in [6.45, 7) is 3.48. The van der Waals surface area contributed by atoms with Crippen molar-refractivity contribution in [1.82, 2.24) is 10.3 Å². The molecule has 2 heterocycles. The van der Waals surface area contributed by atoms with Crippen LogP contribution in [0.1, 0.15) is 23.3 Å². The average Bonchev–Trinajstić information content (AvgIpc) is 3.47. The van der Waals surface area contributed by atoms with Gasteiger partial charge >= 0.3 is 0 Å². The molecule has 0 bridgehead atoms. The number of aromatic nitrogens is 1. The SMILES string of the molecule is O=C(NC1CC1)c1ccc(N2CCN(c3ccc(F)cc3)CC2)cn1. The van der Waals surface area contributed by atoms with Crippen molar-refractivity contribution < 1.29 is 9.18 Å². The number of nitrogens with zero attached hydrogens (tertiary/aromatic N) is 3. The van der Waals surface area contributed by atoms with E-state index >= 15 is 0 Å². The molecule has 1 saturated heterocycles. The van der Waals surface area contributed by atoms with Crippen LogP contribution in [0.3, 0.4) is 0 Å². The Labute approximate surface area is 146 Å². The fourth-order valence-corrected chi connectivity index (χ4v) is 3.07. The van der Waals surface area contributed by atoms with Crippen molar-refractivity contribution in [3.05, 3.63) is 54.1 Å². The number of amides is 1. The third-order valence-electron chi connectivity index (χ3n) is 4.73. The van der Waals surface area contributed by atoms with Gasteiger partial charge in [0, 0.05) is 37.9 Å². The number of rotatable bonds is 4. The minimum Gasteiger partial charge on any atom is -0.368 e. The first-order valence-corrected chi connectivity index (χ1v) is 8.71. The van der Waals surface area contributed by atoms with Gasteiger partial charge in [-0.3, -0.25) is 4.79 Å². The lowest BCUT2D eigenvalue weighted by atomic mass is 10.2. The maximum atomic E-state index is 13.0. The predicted octanol–water partition coefficient (Wildman–Crippen LogP) is 2.44. The first-order valence-electron chi connectivity index (χ1n) is 8.71. The monoisotopic (exact) mass is 340 g/mol. The number of nitrogens with one attached hydrogen (secondary N) is 1. The molecule has 4 rings (SSSR count). The number of hydrogen-bond acceptors (Lipinski definition) is 4. The van der Waals surface area contributed by atoms with Crippen LogP contribution in [0.2, 0.25) is 0 Å². The number of pyridine rings is 1. The maximum absolute atomic E-state index is 13.0. The summed E-state index contributed by atoms with van der Waals surface area (Å²) in [6.07, 6.45) is 3.92. The number of benzene rings is 1. The van der Waals surface area contributed by atoms with Crippen molar-refractivity contribution in [2.24, 2.45) is 0 Å². The van der Waals surface area contributed by atoms with Gasteiger partial charge in [-0.05, 0) is 49.2 Å². The van der Waals surface area contributed by atoms with Gasteiger partial charge in [0.1, 0.15) is 11.5 Å². The molecular weight excluding hydrogens is 319 g/mol. The molecule has 5 nitrogen and oxygen atoms in total. The molecule has 1 aliphatic carbocycles. The van der Waals surface area contributed by atoms with Gasteiger partial charge < -0.3 is 15.1 Å². The fourth-order valence-electron chi connectivity index (χ4n) is 3.07. The van der Waals surface area contributed by atoms with Crippen molar-refractivity contribution in [1.29, 1.82) is 0 Å². The molecular formula is C19H21FN4O. The van der Waals surface area contributed by atoms with Crippen molar-refractivity contribution in [2.75, 3.05) is 36.0 Å². The van der Waals surface area contributed by atoms with Crippen LogP contribution < -0.4 is 15.1 Å². The van der Waals surface area contributed by atoms with E-state index in [4.69, 9.17) is 0 Å². The van der Waals surface area contributed by atoms with Crippen molar-refractivity contribution >= 4 is 17.3 Å². The highest BCUT2D eigenvalue weighted by Gasteiger charge is 2.24. The topological polar surface area (TPSA) is 48.5 Å². The second-order valence-electron chi connectivity index (χ2n) is 6.60. The zero-order valence-corrected chi connectivity index (χ0v) is 14.0. The van der Waals surface area contributed by atoms with Gasteiger partial charge in [-0.2, -0.15) is 0 Å². The average molecular weight is 340 g/mol. The Hall–Kier alpha value is -2.63. The molecule has 1 aromatic heterocycles. The van der Waals surface area contributed by atoms with E-state index in [2.05, 4.69) is 20.1 Å². The van der Waals surface area contributed by atoms with E-state index in [0.29, 0.717) is 11.7 Å². The van der Waals surface area contributed by atoms with Gasteiger partial charge in [0.25, 0.3) is 5.91 Å². The normalized spacial score (nSPS) is 17.5. The summed E-state index contributed by atoms with van der Waals surface area (Å²) >= 11 is 0. The Morgan fingerprint density at radius 3 is 2.12 bits per heavy atom. The van der Waals surface area contributed by atoms with Gasteiger partial charge in [-0.15, -0.1) is 0 Å². The van der Waals surface area contributed by atoms with E-state index in [1.165, 1.54) is 12.1 Å². The van der Waals surface area contributed by atoms with E-state index in [1.807, 2.05) is 18.2 Å². The lowest BCUT2D eigenvalue weighted by Crippen LogP contribution is -2.46. The molecule has 1 aliphatic heterocycles. The van der Waals surface area contributed by atoms with Crippen LogP contribution in [0, 0.1) is 5.82 Å². The summed E-state index contributed by atoms with van der Waals surface area (Å²) in [4.78, 5) is 20.8. The van der Waals surface area contributed by atoms with Crippen LogP contribution in [0.4, 0.5) is 15.8 Å². The van der Waals surface area contributed by atoms with E-state index in [1.54, 1.807) is 12.3 Å². The van der Waals surface area contributed by atoms with Gasteiger partial charge in [0.15, 0.2) is 0 Å². The lowest BCUT2D eigenvalue weighted by Gasteiger charge is -2.37. The van der Waals surface area contributed by atoms with E-state index in [-0.39, 0.29) is 11.7 Å². The highest BCUT2D eigenvalue weighted by Crippen LogP contribution is 2.21. The predicted molar refractivity (Wildman–Crippen MR) is 95.6 cm³/mol. The highest BCUT2D eigenvalue weighted by molar-refractivity contribution is 5.92. The molecule has 2 aliphatic rings. The number of halogens is 1. The van der Waals surface area contributed by atoms with Crippen LogP contribution in [-0.4, -0.2) is 43.1 Å². The van der Waals surface area contributed by atoms with Gasteiger partial charge in [-0.25, -0.2) is 9.37 Å². The molecule has 1 aromatic carbocycles. The lowest BCUT2D eigenvalue weighted by molar-refractivity contribution is 0.0946. The van der Waals surface area contributed by atoms with E-state index < -0.39 is 0 Å². The number of hydrogen-bond donors (Lipinski definition) is 1. The largest absolute Gasteiger partial charge is 0.368 e. The summed E-state index contributed by atoms with van der Waals surface area (Å²) in [7, 11) is 0. The Balaban J connectivity index is 1.35. The molecule has 1 amide bonds. The molecule has 0 radical (unpaired) electrons. The molecule has 0 unspecified atom stereocenters. The second kappa shape index (κ2) is 6.70. The molecule has 1 N–H and O–H groups in total. The van der Waals surface area contributed by atoms with Crippen LogP contribution in [0.15, 0.2) is 42.6 Å². The van der Waals surface area contributed by atoms with E-state index in [9.17, 15) is 9.18 Å². The summed E-state index contributed by atoms with van der Waals surface area (Å²) in [6, 6.07) is 10.7. The highest BCUT2D eigenvalue weighted by atomic mass is 19.1. The zero-order chi connectivity index (χ0) is 17.2. The third-order valence-corrected chi connectivity index (χ3v) is 4.73. The van der Waals surface area contributed by atoms with Gasteiger partial charge in [0.2, 0.25) is 0 Å². The maximum Gasteiger partial charge on any atom is 0.270 e. The van der Waals surface area contributed by atoms with Crippen molar-refractivity contribution in [3.63, 3.8) is 0 Å². The molecule has 2 aromatic rings. The summed E-state index contributed by atoms with van der Waals surface area (Å²) < 4.78 is 13.0.